The van der Waals surface area contributed by atoms with E-state index in [-0.39, 0.29) is 19.6 Å². The molecular weight excluding hydrogens is 535 g/mol. The van der Waals surface area contributed by atoms with Crippen LogP contribution in [0.4, 0.5) is 13.2 Å². The molecule has 1 amide bonds. The fourth-order valence-corrected chi connectivity index (χ4v) is 4.32. The lowest BCUT2D eigenvalue weighted by molar-refractivity contribution is -0.137. The highest BCUT2D eigenvalue weighted by molar-refractivity contribution is 6.00. The molecule has 3 N–H and O–H groups in total. The molecule has 0 spiro atoms. The molecule has 0 aliphatic carbocycles. The number of alkyl halides is 3. The molecule has 0 unspecified atom stereocenters. The summed E-state index contributed by atoms with van der Waals surface area (Å²) in [4.78, 5) is 18.3. The van der Waals surface area contributed by atoms with E-state index in [0.717, 1.165) is 17.7 Å². The summed E-state index contributed by atoms with van der Waals surface area (Å²) in [5.41, 5.74) is 5.25. The molecule has 0 saturated carbocycles. The first-order valence-corrected chi connectivity index (χ1v) is 13.2. The second-order valence-electron chi connectivity index (χ2n) is 9.57. The Morgan fingerprint density at radius 1 is 1.10 bits per heavy atom. The van der Waals surface area contributed by atoms with E-state index in [9.17, 15) is 18.0 Å². The molecule has 1 aliphatic rings. The SMILES string of the molecule is C[C@@H]1OC(c2ccc(OCCCO)cc2)=N[C@]1(C/C=C/c1ccccc1)C(=O)NNCc1cccc(C(F)(F)F)c1. The number of rotatable bonds is 12. The van der Waals surface area contributed by atoms with Crippen LogP contribution in [0.2, 0.25) is 0 Å². The van der Waals surface area contributed by atoms with Crippen molar-refractivity contribution in [2.75, 3.05) is 13.2 Å². The Kier molecular flexibility index (Phi) is 9.80. The maximum absolute atomic E-state index is 13.6. The van der Waals surface area contributed by atoms with Gasteiger partial charge in [-0.3, -0.25) is 10.2 Å². The minimum absolute atomic E-state index is 0.0187. The fraction of sp³-hybridized carbons (Fsp3) is 0.290. The van der Waals surface area contributed by atoms with Crippen LogP contribution in [0.3, 0.4) is 0 Å². The van der Waals surface area contributed by atoms with Gasteiger partial charge < -0.3 is 14.6 Å². The number of aliphatic imine (C=N–C) groups is 1. The Hall–Kier alpha value is -4.15. The van der Waals surface area contributed by atoms with Crippen LogP contribution < -0.4 is 15.6 Å². The topological polar surface area (TPSA) is 92.2 Å². The Balaban J connectivity index is 1.52. The van der Waals surface area contributed by atoms with Gasteiger partial charge in [-0.15, -0.1) is 0 Å². The zero-order chi connectivity index (χ0) is 29.3. The molecule has 1 heterocycles. The number of nitrogens with zero attached hydrogens (tertiary/aromatic N) is 1. The number of halogens is 3. The van der Waals surface area contributed by atoms with Gasteiger partial charge in [0.2, 0.25) is 5.90 Å². The van der Waals surface area contributed by atoms with Gasteiger partial charge in [0.25, 0.3) is 5.91 Å². The first-order valence-electron chi connectivity index (χ1n) is 13.2. The standard InChI is InChI=1S/C31H32F3N3O4/c1-22-30(17-6-11-23-8-3-2-4-9-23,29(39)37-35-21-24-10-5-12-26(20-24)31(32,33)34)36-28(41-22)25-13-15-27(16-14-25)40-19-7-18-38/h2-6,8-16,20,22,35,38H,7,17-19,21H2,1H3,(H,37,39)/b11-6+/t22-,30-/m0/s1. The predicted molar refractivity (Wildman–Crippen MR) is 150 cm³/mol. The van der Waals surface area contributed by atoms with Crippen LogP contribution in [-0.2, 0) is 22.3 Å². The highest BCUT2D eigenvalue weighted by Crippen LogP contribution is 2.33. The molecule has 10 heteroatoms. The lowest BCUT2D eigenvalue weighted by atomic mass is 9.89. The van der Waals surface area contributed by atoms with Gasteiger partial charge in [-0.25, -0.2) is 10.4 Å². The van der Waals surface area contributed by atoms with Crippen molar-refractivity contribution < 1.29 is 32.5 Å². The normalized spacial score (nSPS) is 18.7. The molecule has 2 atom stereocenters. The summed E-state index contributed by atoms with van der Waals surface area (Å²) >= 11 is 0. The lowest BCUT2D eigenvalue weighted by Crippen LogP contribution is -2.54. The number of carbonyl (C=O) groups excluding carboxylic acids is 1. The molecule has 7 nitrogen and oxygen atoms in total. The van der Waals surface area contributed by atoms with Gasteiger partial charge in [0.15, 0.2) is 5.54 Å². The number of hydrogen-bond acceptors (Lipinski definition) is 6. The quantitative estimate of drug-likeness (QED) is 0.204. The van der Waals surface area contributed by atoms with E-state index in [1.807, 2.05) is 42.5 Å². The molecular formula is C31H32F3N3O4. The number of carbonyl (C=O) groups is 1. The smallest absolute Gasteiger partial charge is 0.416 e. The molecule has 216 valence electrons. The predicted octanol–water partition coefficient (Wildman–Crippen LogP) is 5.30. The average molecular weight is 568 g/mol. The minimum Gasteiger partial charge on any atom is -0.494 e. The van der Waals surface area contributed by atoms with E-state index in [4.69, 9.17) is 19.6 Å². The van der Waals surface area contributed by atoms with E-state index < -0.39 is 29.3 Å². The lowest BCUT2D eigenvalue weighted by Gasteiger charge is -2.27. The van der Waals surface area contributed by atoms with Gasteiger partial charge in [-0.1, -0.05) is 60.7 Å². The third-order valence-electron chi connectivity index (χ3n) is 6.62. The van der Waals surface area contributed by atoms with Crippen LogP contribution in [0.25, 0.3) is 6.08 Å². The summed E-state index contributed by atoms with van der Waals surface area (Å²) in [6.45, 7) is 2.16. The van der Waals surface area contributed by atoms with Gasteiger partial charge >= 0.3 is 6.18 Å². The summed E-state index contributed by atoms with van der Waals surface area (Å²) in [5, 5.41) is 8.93. The van der Waals surface area contributed by atoms with Crippen molar-refractivity contribution in [3.8, 4) is 5.75 Å². The number of hydrogen-bond donors (Lipinski definition) is 3. The first-order chi connectivity index (χ1) is 19.7. The molecule has 0 bridgehead atoms. The van der Waals surface area contributed by atoms with Crippen LogP contribution in [0.1, 0.15) is 42.0 Å². The molecule has 4 rings (SSSR count). The largest absolute Gasteiger partial charge is 0.494 e. The van der Waals surface area contributed by atoms with Crippen LogP contribution in [0, 0.1) is 0 Å². The van der Waals surface area contributed by atoms with Gasteiger partial charge in [0.1, 0.15) is 11.9 Å². The van der Waals surface area contributed by atoms with E-state index in [1.165, 1.54) is 6.07 Å². The minimum atomic E-state index is -4.46. The summed E-state index contributed by atoms with van der Waals surface area (Å²) in [5.74, 6) is 0.441. The molecule has 0 aromatic heterocycles. The molecule has 0 fully saturated rings. The Labute approximate surface area is 236 Å². The van der Waals surface area contributed by atoms with Crippen LogP contribution in [-0.4, -0.2) is 41.8 Å². The van der Waals surface area contributed by atoms with Gasteiger partial charge in [-0.05, 0) is 48.4 Å². The zero-order valence-electron chi connectivity index (χ0n) is 22.5. The Bertz CT molecular complexity index is 1360. The van der Waals surface area contributed by atoms with Crippen molar-refractivity contribution in [2.24, 2.45) is 4.99 Å². The second kappa shape index (κ2) is 13.5. The Morgan fingerprint density at radius 2 is 1.85 bits per heavy atom. The molecule has 1 aliphatic heterocycles. The summed E-state index contributed by atoms with van der Waals surface area (Å²) in [6, 6.07) is 21.6. The molecule has 3 aromatic carbocycles. The van der Waals surface area contributed by atoms with E-state index in [1.54, 1.807) is 37.3 Å². The van der Waals surface area contributed by atoms with Gasteiger partial charge in [-0.2, -0.15) is 13.2 Å². The van der Waals surface area contributed by atoms with Crippen molar-refractivity contribution in [1.82, 2.24) is 10.9 Å². The average Bonchev–Trinajstić information content (AvgIpc) is 3.31. The van der Waals surface area contributed by atoms with E-state index in [2.05, 4.69) is 10.9 Å². The van der Waals surface area contributed by atoms with Crippen LogP contribution in [0.5, 0.6) is 5.75 Å². The third kappa shape index (κ3) is 7.74. The van der Waals surface area contributed by atoms with Crippen molar-refractivity contribution in [3.05, 3.63) is 107 Å². The molecule has 0 saturated heterocycles. The maximum atomic E-state index is 13.6. The summed E-state index contributed by atoms with van der Waals surface area (Å²) in [6.07, 6.45) is -0.624. The van der Waals surface area contributed by atoms with Crippen molar-refractivity contribution in [3.63, 3.8) is 0 Å². The highest BCUT2D eigenvalue weighted by atomic mass is 19.4. The maximum Gasteiger partial charge on any atom is 0.416 e. The van der Waals surface area contributed by atoms with Crippen LogP contribution in [0.15, 0.2) is 89.9 Å². The Morgan fingerprint density at radius 3 is 2.56 bits per heavy atom. The number of amides is 1. The number of ether oxygens (including phenoxy) is 2. The summed E-state index contributed by atoms with van der Waals surface area (Å²) < 4.78 is 50.9. The van der Waals surface area contributed by atoms with E-state index in [0.29, 0.717) is 35.8 Å². The third-order valence-corrected chi connectivity index (χ3v) is 6.62. The zero-order valence-corrected chi connectivity index (χ0v) is 22.5. The molecule has 41 heavy (non-hydrogen) atoms. The number of aliphatic hydroxyl groups excluding tert-OH is 1. The molecule has 0 radical (unpaired) electrons. The van der Waals surface area contributed by atoms with Crippen molar-refractivity contribution in [2.45, 2.75) is 44.1 Å². The molecule has 3 aromatic rings. The number of hydrazine groups is 1. The number of aliphatic hydroxyl groups is 1. The van der Waals surface area contributed by atoms with Crippen molar-refractivity contribution in [1.29, 1.82) is 0 Å². The second-order valence-corrected chi connectivity index (χ2v) is 9.57. The number of benzene rings is 3. The van der Waals surface area contributed by atoms with Gasteiger partial charge in [0, 0.05) is 31.6 Å². The van der Waals surface area contributed by atoms with E-state index >= 15 is 0 Å². The monoisotopic (exact) mass is 567 g/mol. The highest BCUT2D eigenvalue weighted by Gasteiger charge is 2.49. The first kappa shape index (κ1) is 29.8. The van der Waals surface area contributed by atoms with Crippen molar-refractivity contribution >= 4 is 17.9 Å². The van der Waals surface area contributed by atoms with Gasteiger partial charge in [0.05, 0.1) is 12.2 Å². The fourth-order valence-electron chi connectivity index (χ4n) is 4.32. The summed E-state index contributed by atoms with van der Waals surface area (Å²) in [7, 11) is 0. The van der Waals surface area contributed by atoms with Crippen LogP contribution >= 0.6 is 0 Å². The number of nitrogens with one attached hydrogen (secondary N) is 2.